The van der Waals surface area contributed by atoms with Crippen LogP contribution < -0.4 is 5.32 Å². The van der Waals surface area contributed by atoms with Crippen LogP contribution in [-0.4, -0.2) is 25.5 Å². The molecule has 0 unspecified atom stereocenters. The Morgan fingerprint density at radius 1 is 1.30 bits per heavy atom. The van der Waals surface area contributed by atoms with Crippen molar-refractivity contribution in [2.75, 3.05) is 5.32 Å². The number of fused-ring (bicyclic) bond motifs is 1. The van der Waals surface area contributed by atoms with E-state index < -0.39 is 0 Å². The molecule has 3 heterocycles. The van der Waals surface area contributed by atoms with Crippen LogP contribution in [0.3, 0.4) is 0 Å². The lowest BCUT2D eigenvalue weighted by Crippen LogP contribution is -2.12. The fourth-order valence-corrected chi connectivity index (χ4v) is 2.07. The van der Waals surface area contributed by atoms with Crippen molar-refractivity contribution in [3.63, 3.8) is 0 Å². The van der Waals surface area contributed by atoms with Crippen LogP contribution in [-0.2, 0) is 0 Å². The van der Waals surface area contributed by atoms with Gasteiger partial charge in [0.05, 0.1) is 18.1 Å². The van der Waals surface area contributed by atoms with Gasteiger partial charge in [-0.3, -0.25) is 9.78 Å². The molecule has 0 atom stereocenters. The van der Waals surface area contributed by atoms with Crippen molar-refractivity contribution in [1.29, 1.82) is 0 Å². The predicted molar refractivity (Wildman–Crippen MR) is 74.7 cm³/mol. The molecule has 20 heavy (non-hydrogen) atoms. The van der Waals surface area contributed by atoms with Gasteiger partial charge in [-0.05, 0) is 32.0 Å². The number of anilines is 1. The van der Waals surface area contributed by atoms with Crippen molar-refractivity contribution in [3.05, 3.63) is 53.7 Å². The standard InChI is InChI=1S/C14H13N5O/c1-9-6-10(2)19-13(17-9)12(8-16-19)14(20)18-11-4-3-5-15-7-11/h3-8H,1-2H3,(H,18,20). The molecule has 0 aliphatic carbocycles. The van der Waals surface area contributed by atoms with E-state index in [0.717, 1.165) is 11.4 Å². The zero-order valence-corrected chi connectivity index (χ0v) is 11.2. The number of aryl methyl sites for hydroxylation is 2. The Balaban J connectivity index is 2.00. The number of pyridine rings is 1. The molecule has 6 nitrogen and oxygen atoms in total. The summed E-state index contributed by atoms with van der Waals surface area (Å²) in [5, 5.41) is 6.98. The second kappa shape index (κ2) is 4.73. The number of nitrogens with zero attached hydrogens (tertiary/aromatic N) is 4. The van der Waals surface area contributed by atoms with Gasteiger partial charge in [-0.2, -0.15) is 5.10 Å². The van der Waals surface area contributed by atoms with Crippen LogP contribution in [0, 0.1) is 13.8 Å². The maximum Gasteiger partial charge on any atom is 0.261 e. The summed E-state index contributed by atoms with van der Waals surface area (Å²) in [6, 6.07) is 5.46. The quantitative estimate of drug-likeness (QED) is 0.770. The Hall–Kier alpha value is -2.76. The zero-order chi connectivity index (χ0) is 14.1. The smallest absolute Gasteiger partial charge is 0.261 e. The van der Waals surface area contributed by atoms with E-state index in [-0.39, 0.29) is 5.91 Å². The molecule has 0 saturated carbocycles. The van der Waals surface area contributed by atoms with Crippen LogP contribution in [0.1, 0.15) is 21.7 Å². The third kappa shape index (κ3) is 2.11. The van der Waals surface area contributed by atoms with Gasteiger partial charge in [0.1, 0.15) is 5.56 Å². The molecule has 3 aromatic heterocycles. The van der Waals surface area contributed by atoms with Gasteiger partial charge in [-0.25, -0.2) is 9.50 Å². The average molecular weight is 267 g/mol. The highest BCUT2D eigenvalue weighted by molar-refractivity contribution is 6.08. The molecular weight excluding hydrogens is 254 g/mol. The summed E-state index contributed by atoms with van der Waals surface area (Å²) < 4.78 is 1.66. The lowest BCUT2D eigenvalue weighted by molar-refractivity contribution is 0.102. The number of hydrogen-bond donors (Lipinski definition) is 1. The fourth-order valence-electron chi connectivity index (χ4n) is 2.07. The molecule has 3 aromatic rings. The molecule has 0 bridgehead atoms. The van der Waals surface area contributed by atoms with E-state index >= 15 is 0 Å². The van der Waals surface area contributed by atoms with Gasteiger partial charge in [0.15, 0.2) is 5.65 Å². The summed E-state index contributed by atoms with van der Waals surface area (Å²) in [5.74, 6) is -0.245. The average Bonchev–Trinajstić information content (AvgIpc) is 2.84. The summed E-state index contributed by atoms with van der Waals surface area (Å²) in [6.07, 6.45) is 4.77. The van der Waals surface area contributed by atoms with E-state index in [1.165, 1.54) is 6.20 Å². The lowest BCUT2D eigenvalue weighted by atomic mass is 10.3. The first kappa shape index (κ1) is 12.3. The third-order valence-corrected chi connectivity index (χ3v) is 2.94. The molecule has 6 heteroatoms. The van der Waals surface area contributed by atoms with Gasteiger partial charge in [0.25, 0.3) is 5.91 Å². The van der Waals surface area contributed by atoms with Crippen molar-refractivity contribution in [2.24, 2.45) is 0 Å². The van der Waals surface area contributed by atoms with Gasteiger partial charge in [-0.1, -0.05) is 0 Å². The number of carbonyl (C=O) groups is 1. The number of amides is 1. The molecule has 1 amide bonds. The zero-order valence-electron chi connectivity index (χ0n) is 11.2. The molecule has 0 fully saturated rings. The minimum absolute atomic E-state index is 0.245. The van der Waals surface area contributed by atoms with E-state index in [1.807, 2.05) is 19.9 Å². The molecule has 0 spiro atoms. The maximum atomic E-state index is 12.3. The minimum atomic E-state index is -0.245. The van der Waals surface area contributed by atoms with Crippen LogP contribution in [0.2, 0.25) is 0 Å². The summed E-state index contributed by atoms with van der Waals surface area (Å²) in [6.45, 7) is 3.82. The summed E-state index contributed by atoms with van der Waals surface area (Å²) in [4.78, 5) is 20.6. The van der Waals surface area contributed by atoms with Crippen molar-refractivity contribution in [2.45, 2.75) is 13.8 Å². The van der Waals surface area contributed by atoms with E-state index in [2.05, 4.69) is 20.4 Å². The van der Waals surface area contributed by atoms with Gasteiger partial charge >= 0.3 is 0 Å². The fraction of sp³-hybridized carbons (Fsp3) is 0.143. The molecule has 0 radical (unpaired) electrons. The van der Waals surface area contributed by atoms with Crippen LogP contribution in [0.15, 0.2) is 36.8 Å². The molecule has 1 N–H and O–H groups in total. The van der Waals surface area contributed by atoms with Gasteiger partial charge in [-0.15, -0.1) is 0 Å². The first-order valence-electron chi connectivity index (χ1n) is 6.18. The Morgan fingerprint density at radius 2 is 2.15 bits per heavy atom. The molecular formula is C14H13N5O. The van der Waals surface area contributed by atoms with Crippen LogP contribution in [0.4, 0.5) is 5.69 Å². The number of nitrogens with one attached hydrogen (secondary N) is 1. The molecule has 100 valence electrons. The summed E-state index contributed by atoms with van der Waals surface area (Å²) in [7, 11) is 0. The van der Waals surface area contributed by atoms with Crippen molar-refractivity contribution >= 4 is 17.2 Å². The van der Waals surface area contributed by atoms with E-state index in [0.29, 0.717) is 16.9 Å². The summed E-state index contributed by atoms with van der Waals surface area (Å²) >= 11 is 0. The number of aromatic nitrogens is 4. The highest BCUT2D eigenvalue weighted by Gasteiger charge is 2.15. The molecule has 0 aliphatic heterocycles. The normalized spacial score (nSPS) is 10.7. The van der Waals surface area contributed by atoms with Crippen LogP contribution in [0.25, 0.3) is 5.65 Å². The van der Waals surface area contributed by atoms with E-state index in [4.69, 9.17) is 0 Å². The van der Waals surface area contributed by atoms with Crippen molar-refractivity contribution < 1.29 is 4.79 Å². The first-order chi connectivity index (χ1) is 9.65. The number of rotatable bonds is 2. The van der Waals surface area contributed by atoms with E-state index in [1.54, 1.807) is 29.0 Å². The Labute approximate surface area is 115 Å². The highest BCUT2D eigenvalue weighted by atomic mass is 16.1. The molecule has 0 saturated heterocycles. The topological polar surface area (TPSA) is 72.2 Å². The molecule has 3 rings (SSSR count). The molecule has 0 aromatic carbocycles. The largest absolute Gasteiger partial charge is 0.320 e. The lowest BCUT2D eigenvalue weighted by Gasteiger charge is -2.04. The second-order valence-corrected chi connectivity index (χ2v) is 4.53. The number of carbonyl (C=O) groups excluding carboxylic acids is 1. The van der Waals surface area contributed by atoms with Crippen molar-refractivity contribution in [1.82, 2.24) is 19.6 Å². The third-order valence-electron chi connectivity index (χ3n) is 2.94. The Morgan fingerprint density at radius 3 is 2.90 bits per heavy atom. The van der Waals surface area contributed by atoms with Gasteiger partial charge in [0.2, 0.25) is 0 Å². The minimum Gasteiger partial charge on any atom is -0.320 e. The number of hydrogen-bond acceptors (Lipinski definition) is 4. The van der Waals surface area contributed by atoms with Crippen LogP contribution >= 0.6 is 0 Å². The molecule has 0 aliphatic rings. The summed E-state index contributed by atoms with van der Waals surface area (Å²) in [5.41, 5.74) is 3.43. The Kier molecular flexibility index (Phi) is 2.90. The van der Waals surface area contributed by atoms with Crippen molar-refractivity contribution in [3.8, 4) is 0 Å². The first-order valence-corrected chi connectivity index (χ1v) is 6.18. The predicted octanol–water partition coefficient (Wildman–Crippen LogP) is 1.99. The van der Waals surface area contributed by atoms with Gasteiger partial charge in [0, 0.05) is 17.6 Å². The Bertz CT molecular complexity index is 779. The monoisotopic (exact) mass is 267 g/mol. The second-order valence-electron chi connectivity index (χ2n) is 4.53. The van der Waals surface area contributed by atoms with Gasteiger partial charge < -0.3 is 5.32 Å². The van der Waals surface area contributed by atoms with E-state index in [9.17, 15) is 4.79 Å². The van der Waals surface area contributed by atoms with Crippen LogP contribution in [0.5, 0.6) is 0 Å². The maximum absolute atomic E-state index is 12.3. The SMILES string of the molecule is Cc1cc(C)n2ncc(C(=O)Nc3cccnc3)c2n1. The highest BCUT2D eigenvalue weighted by Crippen LogP contribution is 2.14.